The highest BCUT2D eigenvalue weighted by molar-refractivity contribution is 9.10. The molecule has 0 saturated carbocycles. The predicted molar refractivity (Wildman–Crippen MR) is 79.5 cm³/mol. The van der Waals surface area contributed by atoms with Crippen LogP contribution >= 0.6 is 27.5 Å². The van der Waals surface area contributed by atoms with Gasteiger partial charge in [-0.15, -0.1) is 0 Å². The Bertz CT molecular complexity index is 528. The van der Waals surface area contributed by atoms with Crippen molar-refractivity contribution < 1.29 is 4.74 Å². The Balaban J connectivity index is 2.07. The predicted octanol–water partition coefficient (Wildman–Crippen LogP) is 4.72. The summed E-state index contributed by atoms with van der Waals surface area (Å²) in [5.74, 6) is 0.853. The molecule has 2 nitrogen and oxygen atoms in total. The topological polar surface area (TPSA) is 21.3 Å². The van der Waals surface area contributed by atoms with E-state index in [1.807, 2.05) is 42.5 Å². The van der Waals surface area contributed by atoms with E-state index in [9.17, 15) is 0 Å². The highest BCUT2D eigenvalue weighted by Crippen LogP contribution is 2.23. The van der Waals surface area contributed by atoms with Gasteiger partial charge in [0.1, 0.15) is 5.75 Å². The summed E-state index contributed by atoms with van der Waals surface area (Å²) >= 11 is 9.37. The zero-order chi connectivity index (χ0) is 13.0. The lowest BCUT2D eigenvalue weighted by Gasteiger charge is -2.10. The summed E-state index contributed by atoms with van der Waals surface area (Å²) in [6.07, 6.45) is 0. The Kier molecular flexibility index (Phi) is 4.50. The molecule has 2 aromatic rings. The van der Waals surface area contributed by atoms with Crippen molar-refractivity contribution in [2.75, 3.05) is 12.4 Å². The van der Waals surface area contributed by atoms with Crippen LogP contribution in [-0.4, -0.2) is 7.11 Å². The van der Waals surface area contributed by atoms with E-state index in [1.165, 1.54) is 0 Å². The number of rotatable bonds is 4. The summed E-state index contributed by atoms with van der Waals surface area (Å²) in [6, 6.07) is 13.6. The zero-order valence-electron chi connectivity index (χ0n) is 9.91. The maximum absolute atomic E-state index is 5.84. The molecule has 0 amide bonds. The molecule has 2 aromatic carbocycles. The van der Waals surface area contributed by atoms with Gasteiger partial charge in [-0.05, 0) is 48.0 Å². The quantitative estimate of drug-likeness (QED) is 0.877. The number of anilines is 1. The first-order chi connectivity index (χ1) is 8.69. The first kappa shape index (κ1) is 13.2. The first-order valence-corrected chi connectivity index (χ1v) is 6.68. The van der Waals surface area contributed by atoms with E-state index in [4.69, 9.17) is 16.3 Å². The molecule has 0 heterocycles. The monoisotopic (exact) mass is 325 g/mol. The van der Waals surface area contributed by atoms with Crippen LogP contribution in [0.4, 0.5) is 5.69 Å². The van der Waals surface area contributed by atoms with E-state index in [2.05, 4.69) is 21.2 Å². The van der Waals surface area contributed by atoms with Crippen LogP contribution in [0.1, 0.15) is 5.56 Å². The van der Waals surface area contributed by atoms with Crippen molar-refractivity contribution in [1.82, 2.24) is 0 Å². The highest BCUT2D eigenvalue weighted by Gasteiger charge is 2.02. The average Bonchev–Trinajstić information content (AvgIpc) is 2.40. The molecule has 0 aromatic heterocycles. The molecule has 0 unspecified atom stereocenters. The fourth-order valence-corrected chi connectivity index (χ4v) is 2.09. The SMILES string of the molecule is COc1ccc(Br)c(CNc2ccc(Cl)cc2)c1. The fraction of sp³-hybridized carbons (Fsp3) is 0.143. The van der Waals surface area contributed by atoms with Crippen molar-refractivity contribution >= 4 is 33.2 Å². The van der Waals surface area contributed by atoms with Crippen molar-refractivity contribution in [2.45, 2.75) is 6.54 Å². The molecule has 0 bridgehead atoms. The maximum Gasteiger partial charge on any atom is 0.119 e. The molecule has 0 radical (unpaired) electrons. The second kappa shape index (κ2) is 6.12. The van der Waals surface area contributed by atoms with Crippen LogP contribution in [0.2, 0.25) is 5.02 Å². The molecule has 0 aliphatic carbocycles. The zero-order valence-corrected chi connectivity index (χ0v) is 12.3. The standard InChI is InChI=1S/C14H13BrClNO/c1-18-13-6-7-14(15)10(8-13)9-17-12-4-2-11(16)3-5-12/h2-8,17H,9H2,1H3. The van der Waals surface area contributed by atoms with Gasteiger partial charge in [0, 0.05) is 21.7 Å². The van der Waals surface area contributed by atoms with Crippen LogP contribution in [0.25, 0.3) is 0 Å². The number of benzene rings is 2. The minimum absolute atomic E-state index is 0.722. The van der Waals surface area contributed by atoms with Crippen molar-refractivity contribution in [1.29, 1.82) is 0 Å². The molecule has 1 N–H and O–H groups in total. The maximum atomic E-state index is 5.84. The van der Waals surface area contributed by atoms with Crippen LogP contribution in [0.3, 0.4) is 0 Å². The molecule has 0 spiro atoms. The number of ether oxygens (including phenoxy) is 1. The summed E-state index contributed by atoms with van der Waals surface area (Å²) in [5.41, 5.74) is 2.18. The molecule has 0 aliphatic heterocycles. The fourth-order valence-electron chi connectivity index (χ4n) is 1.58. The number of halogens is 2. The van der Waals surface area contributed by atoms with Gasteiger partial charge in [0.2, 0.25) is 0 Å². The summed E-state index contributed by atoms with van der Waals surface area (Å²) in [7, 11) is 1.67. The highest BCUT2D eigenvalue weighted by atomic mass is 79.9. The van der Waals surface area contributed by atoms with Crippen LogP contribution < -0.4 is 10.1 Å². The third-order valence-electron chi connectivity index (χ3n) is 2.58. The van der Waals surface area contributed by atoms with E-state index >= 15 is 0 Å². The number of nitrogens with one attached hydrogen (secondary N) is 1. The summed E-state index contributed by atoms with van der Waals surface area (Å²) in [6.45, 7) is 0.722. The van der Waals surface area contributed by atoms with Gasteiger partial charge < -0.3 is 10.1 Å². The van der Waals surface area contributed by atoms with Gasteiger partial charge >= 0.3 is 0 Å². The molecule has 18 heavy (non-hydrogen) atoms. The Labute approximate surface area is 120 Å². The second-order valence-electron chi connectivity index (χ2n) is 3.82. The third-order valence-corrected chi connectivity index (χ3v) is 3.61. The Morgan fingerprint density at radius 1 is 1.17 bits per heavy atom. The largest absolute Gasteiger partial charge is 0.497 e. The molecule has 4 heteroatoms. The molecule has 0 aliphatic rings. The Morgan fingerprint density at radius 2 is 1.89 bits per heavy atom. The number of hydrogen-bond donors (Lipinski definition) is 1. The minimum atomic E-state index is 0.722. The van der Waals surface area contributed by atoms with Gasteiger partial charge in [0.25, 0.3) is 0 Å². The Morgan fingerprint density at radius 3 is 2.56 bits per heavy atom. The molecule has 0 saturated heterocycles. The first-order valence-electron chi connectivity index (χ1n) is 5.51. The van der Waals surface area contributed by atoms with Gasteiger partial charge in [0.15, 0.2) is 0 Å². The van der Waals surface area contributed by atoms with Crippen molar-refractivity contribution in [3.8, 4) is 5.75 Å². The lowest BCUT2D eigenvalue weighted by Crippen LogP contribution is -2.00. The molecular formula is C14H13BrClNO. The minimum Gasteiger partial charge on any atom is -0.497 e. The van der Waals surface area contributed by atoms with E-state index in [0.29, 0.717) is 0 Å². The van der Waals surface area contributed by atoms with Gasteiger partial charge in [-0.1, -0.05) is 27.5 Å². The van der Waals surface area contributed by atoms with E-state index in [0.717, 1.165) is 33.0 Å². The van der Waals surface area contributed by atoms with Gasteiger partial charge in [-0.2, -0.15) is 0 Å². The van der Waals surface area contributed by atoms with E-state index < -0.39 is 0 Å². The molecule has 0 fully saturated rings. The third kappa shape index (κ3) is 3.40. The molecule has 2 rings (SSSR count). The van der Waals surface area contributed by atoms with Gasteiger partial charge in [0.05, 0.1) is 7.11 Å². The van der Waals surface area contributed by atoms with Crippen molar-refractivity contribution in [3.63, 3.8) is 0 Å². The van der Waals surface area contributed by atoms with Crippen molar-refractivity contribution in [2.24, 2.45) is 0 Å². The normalized spacial score (nSPS) is 10.2. The average molecular weight is 327 g/mol. The summed E-state index contributed by atoms with van der Waals surface area (Å²) < 4.78 is 6.27. The van der Waals surface area contributed by atoms with Crippen molar-refractivity contribution in [3.05, 3.63) is 57.5 Å². The van der Waals surface area contributed by atoms with Crippen LogP contribution in [0, 0.1) is 0 Å². The molecule has 94 valence electrons. The van der Waals surface area contributed by atoms with Crippen LogP contribution in [0.5, 0.6) is 5.75 Å². The molecular weight excluding hydrogens is 314 g/mol. The van der Waals surface area contributed by atoms with Crippen LogP contribution in [-0.2, 0) is 6.54 Å². The lowest BCUT2D eigenvalue weighted by molar-refractivity contribution is 0.414. The molecule has 0 atom stereocenters. The Hall–Kier alpha value is -1.19. The lowest BCUT2D eigenvalue weighted by atomic mass is 10.2. The smallest absolute Gasteiger partial charge is 0.119 e. The van der Waals surface area contributed by atoms with E-state index in [1.54, 1.807) is 7.11 Å². The summed E-state index contributed by atoms with van der Waals surface area (Å²) in [5, 5.41) is 4.08. The summed E-state index contributed by atoms with van der Waals surface area (Å²) in [4.78, 5) is 0. The van der Waals surface area contributed by atoms with E-state index in [-0.39, 0.29) is 0 Å². The van der Waals surface area contributed by atoms with Gasteiger partial charge in [-0.25, -0.2) is 0 Å². The van der Waals surface area contributed by atoms with Crippen LogP contribution in [0.15, 0.2) is 46.9 Å². The number of methoxy groups -OCH3 is 1. The van der Waals surface area contributed by atoms with Gasteiger partial charge in [-0.3, -0.25) is 0 Å². The second-order valence-corrected chi connectivity index (χ2v) is 5.11. The number of hydrogen-bond acceptors (Lipinski definition) is 2.